The van der Waals surface area contributed by atoms with Crippen LogP contribution in [-0.2, 0) is 14.8 Å². The zero-order valence-electron chi connectivity index (χ0n) is 14.2. The largest absolute Gasteiger partial charge is 0.484 e. The molecular formula is C17H14F3N3O4S. The van der Waals surface area contributed by atoms with Crippen LogP contribution in [0.4, 0.5) is 18.9 Å². The summed E-state index contributed by atoms with van der Waals surface area (Å²) < 4.78 is 66.7. The topological polar surface area (TPSA) is 108 Å². The fourth-order valence-electron chi connectivity index (χ4n) is 1.95. The lowest BCUT2D eigenvalue weighted by Crippen LogP contribution is -2.33. The maximum Gasteiger partial charge on any atom is 0.402 e. The van der Waals surface area contributed by atoms with Gasteiger partial charge in [-0.15, -0.1) is 0 Å². The van der Waals surface area contributed by atoms with Crippen LogP contribution in [0, 0.1) is 11.3 Å². The van der Waals surface area contributed by atoms with Crippen LogP contribution in [0.15, 0.2) is 53.4 Å². The molecule has 7 nitrogen and oxygen atoms in total. The minimum Gasteiger partial charge on any atom is -0.484 e. The predicted molar refractivity (Wildman–Crippen MR) is 93.0 cm³/mol. The molecule has 0 aliphatic carbocycles. The third-order valence-electron chi connectivity index (χ3n) is 3.26. The van der Waals surface area contributed by atoms with E-state index in [0.29, 0.717) is 11.3 Å². The summed E-state index contributed by atoms with van der Waals surface area (Å²) in [5.74, 6) is -0.151. The van der Waals surface area contributed by atoms with Crippen molar-refractivity contribution in [2.45, 2.75) is 11.1 Å². The molecule has 0 atom stereocenters. The maximum atomic E-state index is 12.1. The molecule has 2 aromatic carbocycles. The van der Waals surface area contributed by atoms with Gasteiger partial charge in [0.15, 0.2) is 6.61 Å². The molecule has 148 valence electrons. The van der Waals surface area contributed by atoms with E-state index in [1.165, 1.54) is 41.1 Å². The van der Waals surface area contributed by atoms with Crippen LogP contribution in [-0.4, -0.2) is 33.7 Å². The fourth-order valence-corrected chi connectivity index (χ4v) is 2.96. The zero-order chi connectivity index (χ0) is 20.8. The molecule has 0 unspecified atom stereocenters. The quantitative estimate of drug-likeness (QED) is 0.725. The number of benzene rings is 2. The summed E-state index contributed by atoms with van der Waals surface area (Å²) in [6.45, 7) is -2.01. The summed E-state index contributed by atoms with van der Waals surface area (Å²) in [4.78, 5) is 11.5. The Balaban J connectivity index is 1.90. The minimum absolute atomic E-state index is 0.239. The average Bonchev–Trinajstić information content (AvgIpc) is 2.65. The van der Waals surface area contributed by atoms with Gasteiger partial charge in [0.2, 0.25) is 10.0 Å². The average molecular weight is 413 g/mol. The lowest BCUT2D eigenvalue weighted by molar-refractivity contribution is -0.121. The molecule has 2 rings (SSSR count). The van der Waals surface area contributed by atoms with Gasteiger partial charge in [-0.25, -0.2) is 13.1 Å². The number of alkyl halides is 3. The Morgan fingerprint density at radius 1 is 1.07 bits per heavy atom. The monoisotopic (exact) mass is 413 g/mol. The number of nitrogens with zero attached hydrogens (tertiary/aromatic N) is 1. The number of sulfonamides is 1. The van der Waals surface area contributed by atoms with E-state index in [4.69, 9.17) is 10.00 Å². The second kappa shape index (κ2) is 8.73. The van der Waals surface area contributed by atoms with Gasteiger partial charge in [0.25, 0.3) is 5.91 Å². The smallest absolute Gasteiger partial charge is 0.402 e. The third-order valence-corrected chi connectivity index (χ3v) is 4.68. The van der Waals surface area contributed by atoms with Gasteiger partial charge in [0.05, 0.1) is 16.5 Å². The van der Waals surface area contributed by atoms with Crippen molar-refractivity contribution in [1.82, 2.24) is 4.72 Å². The molecule has 0 fully saturated rings. The molecule has 0 aromatic heterocycles. The molecule has 0 saturated carbocycles. The van der Waals surface area contributed by atoms with Gasteiger partial charge in [0.1, 0.15) is 12.3 Å². The highest BCUT2D eigenvalue weighted by molar-refractivity contribution is 7.89. The van der Waals surface area contributed by atoms with E-state index in [1.54, 1.807) is 0 Å². The molecule has 2 aromatic rings. The van der Waals surface area contributed by atoms with Crippen LogP contribution in [0.25, 0.3) is 0 Å². The van der Waals surface area contributed by atoms with Crippen LogP contribution in [0.2, 0.25) is 0 Å². The van der Waals surface area contributed by atoms with Gasteiger partial charge in [0, 0.05) is 5.69 Å². The predicted octanol–water partition coefficient (Wildman–Crippen LogP) is 2.42. The van der Waals surface area contributed by atoms with Gasteiger partial charge >= 0.3 is 6.18 Å². The van der Waals surface area contributed by atoms with Gasteiger partial charge < -0.3 is 10.1 Å². The number of hydrogen-bond acceptors (Lipinski definition) is 5. The number of nitrogens with one attached hydrogen (secondary N) is 2. The summed E-state index contributed by atoms with van der Waals surface area (Å²) in [5.41, 5.74) is 0.680. The van der Waals surface area contributed by atoms with Gasteiger partial charge in [-0.2, -0.15) is 18.4 Å². The van der Waals surface area contributed by atoms with Crippen molar-refractivity contribution in [3.63, 3.8) is 0 Å². The lowest BCUT2D eigenvalue weighted by atomic mass is 10.2. The van der Waals surface area contributed by atoms with E-state index in [9.17, 15) is 26.4 Å². The molecule has 0 spiro atoms. The first-order valence-corrected chi connectivity index (χ1v) is 9.17. The molecule has 28 heavy (non-hydrogen) atoms. The lowest BCUT2D eigenvalue weighted by Gasteiger charge is -2.10. The van der Waals surface area contributed by atoms with Crippen LogP contribution in [0.3, 0.4) is 0 Å². The Bertz CT molecular complexity index is 967. The minimum atomic E-state index is -4.67. The SMILES string of the molecule is N#Cc1ccc(OCC(=O)Nc2ccc(S(=O)(=O)NCC(F)(F)F)cc2)cc1. The maximum absolute atomic E-state index is 12.1. The van der Waals surface area contributed by atoms with Crippen LogP contribution in [0.1, 0.15) is 5.56 Å². The number of amides is 1. The van der Waals surface area contributed by atoms with E-state index >= 15 is 0 Å². The van der Waals surface area contributed by atoms with E-state index in [1.807, 2.05) is 6.07 Å². The molecule has 0 aliphatic rings. The third kappa shape index (κ3) is 6.57. The summed E-state index contributed by atoms with van der Waals surface area (Å²) in [5, 5.41) is 11.2. The Kier molecular flexibility index (Phi) is 6.61. The van der Waals surface area contributed by atoms with Crippen molar-refractivity contribution in [3.8, 4) is 11.8 Å². The van der Waals surface area contributed by atoms with E-state index in [0.717, 1.165) is 12.1 Å². The molecule has 11 heteroatoms. The standard InChI is InChI=1S/C17H14F3N3O4S/c18-17(19,20)11-22-28(25,26)15-7-3-13(4-8-15)23-16(24)10-27-14-5-1-12(9-21)2-6-14/h1-8,22H,10-11H2,(H,23,24). The number of carbonyl (C=O) groups is 1. The van der Waals surface area contributed by atoms with Crippen LogP contribution < -0.4 is 14.8 Å². The number of halogens is 3. The number of carbonyl (C=O) groups excluding carboxylic acids is 1. The summed E-state index contributed by atoms with van der Waals surface area (Å²) in [7, 11) is -4.32. The van der Waals surface area contributed by atoms with Crippen LogP contribution in [0.5, 0.6) is 5.75 Å². The van der Waals surface area contributed by atoms with Crippen molar-refractivity contribution in [3.05, 3.63) is 54.1 Å². The number of hydrogen-bond donors (Lipinski definition) is 2. The first kappa shape index (κ1) is 21.2. The fraction of sp³-hybridized carbons (Fsp3) is 0.176. The first-order chi connectivity index (χ1) is 13.1. The number of ether oxygens (including phenoxy) is 1. The molecule has 2 N–H and O–H groups in total. The molecule has 0 heterocycles. The van der Waals surface area contributed by atoms with Crippen molar-refractivity contribution in [1.29, 1.82) is 5.26 Å². The molecule has 0 bridgehead atoms. The van der Waals surface area contributed by atoms with Gasteiger partial charge in [-0.1, -0.05) is 0 Å². The summed E-state index contributed by atoms with van der Waals surface area (Å²) in [6.07, 6.45) is -4.67. The van der Waals surface area contributed by atoms with E-state index in [-0.39, 0.29) is 17.2 Å². The van der Waals surface area contributed by atoms with E-state index < -0.39 is 28.7 Å². The summed E-state index contributed by atoms with van der Waals surface area (Å²) >= 11 is 0. The number of anilines is 1. The number of nitriles is 1. The normalized spacial score (nSPS) is 11.5. The molecule has 0 radical (unpaired) electrons. The zero-order valence-corrected chi connectivity index (χ0v) is 15.0. The van der Waals surface area contributed by atoms with Crippen LogP contribution >= 0.6 is 0 Å². The molecular weight excluding hydrogens is 399 g/mol. The van der Waals surface area contributed by atoms with Crippen molar-refractivity contribution >= 4 is 21.6 Å². The molecule has 1 amide bonds. The van der Waals surface area contributed by atoms with Crippen molar-refractivity contribution in [2.75, 3.05) is 18.5 Å². The van der Waals surface area contributed by atoms with Crippen molar-refractivity contribution < 1.29 is 31.1 Å². The Morgan fingerprint density at radius 3 is 2.21 bits per heavy atom. The second-order valence-electron chi connectivity index (χ2n) is 5.44. The first-order valence-electron chi connectivity index (χ1n) is 7.68. The highest BCUT2D eigenvalue weighted by Crippen LogP contribution is 2.17. The molecule has 0 saturated heterocycles. The Hall–Kier alpha value is -3.10. The highest BCUT2D eigenvalue weighted by Gasteiger charge is 2.30. The Morgan fingerprint density at radius 2 is 1.68 bits per heavy atom. The second-order valence-corrected chi connectivity index (χ2v) is 7.20. The van der Waals surface area contributed by atoms with E-state index in [2.05, 4.69) is 5.32 Å². The highest BCUT2D eigenvalue weighted by atomic mass is 32.2. The van der Waals surface area contributed by atoms with Gasteiger partial charge in [-0.05, 0) is 48.5 Å². The summed E-state index contributed by atoms with van der Waals surface area (Å²) in [6, 6.07) is 12.7. The van der Waals surface area contributed by atoms with Crippen molar-refractivity contribution in [2.24, 2.45) is 0 Å². The number of rotatable bonds is 7. The Labute approximate surface area is 158 Å². The molecule has 0 aliphatic heterocycles. The van der Waals surface area contributed by atoms with Gasteiger partial charge in [-0.3, -0.25) is 4.79 Å².